The summed E-state index contributed by atoms with van der Waals surface area (Å²) in [5.41, 5.74) is 0.901. The van der Waals surface area contributed by atoms with Crippen LogP contribution < -0.4 is 15.4 Å². The molecular weight excluding hydrogens is 360 g/mol. The van der Waals surface area contributed by atoms with Gasteiger partial charge in [0.2, 0.25) is 0 Å². The zero-order valence-electron chi connectivity index (χ0n) is 15.8. The van der Waals surface area contributed by atoms with E-state index in [0.29, 0.717) is 18.0 Å². The second-order valence-electron chi connectivity index (χ2n) is 6.27. The van der Waals surface area contributed by atoms with E-state index in [1.807, 2.05) is 6.07 Å². The van der Waals surface area contributed by atoms with E-state index in [4.69, 9.17) is 9.47 Å². The highest BCUT2D eigenvalue weighted by Crippen LogP contribution is 2.23. The molecule has 8 nitrogen and oxygen atoms in total. The Kier molecular flexibility index (Phi) is 6.94. The van der Waals surface area contributed by atoms with Crippen LogP contribution in [0.1, 0.15) is 21.0 Å². The number of anilines is 1. The fourth-order valence-corrected chi connectivity index (χ4v) is 2.86. The van der Waals surface area contributed by atoms with Gasteiger partial charge >= 0.3 is 0 Å². The fraction of sp³-hybridized carbons (Fsp3) is 0.350. The molecule has 3 rings (SSSR count). The van der Waals surface area contributed by atoms with E-state index >= 15 is 0 Å². The van der Waals surface area contributed by atoms with E-state index in [0.717, 1.165) is 32.8 Å². The summed E-state index contributed by atoms with van der Waals surface area (Å²) in [6.07, 6.45) is 0. The van der Waals surface area contributed by atoms with Gasteiger partial charge in [0.25, 0.3) is 11.8 Å². The Labute approximate surface area is 163 Å². The van der Waals surface area contributed by atoms with Gasteiger partial charge in [-0.05, 0) is 24.3 Å². The van der Waals surface area contributed by atoms with Crippen molar-refractivity contribution in [3.63, 3.8) is 0 Å². The maximum atomic E-state index is 12.5. The van der Waals surface area contributed by atoms with Crippen LogP contribution in [0.3, 0.4) is 0 Å². The highest BCUT2D eigenvalue weighted by Gasteiger charge is 2.15. The van der Waals surface area contributed by atoms with E-state index in [1.54, 1.807) is 36.4 Å². The van der Waals surface area contributed by atoms with Gasteiger partial charge in [-0.15, -0.1) is 0 Å². The molecule has 2 heterocycles. The molecule has 1 aromatic carbocycles. The number of carbonyl (C=O) groups excluding carboxylic acids is 2. The van der Waals surface area contributed by atoms with Crippen LogP contribution in [0.5, 0.6) is 5.75 Å². The summed E-state index contributed by atoms with van der Waals surface area (Å²) in [6, 6.07) is 11.9. The first kappa shape index (κ1) is 19.8. The molecule has 1 fully saturated rings. The van der Waals surface area contributed by atoms with E-state index in [2.05, 4.69) is 20.5 Å². The number of pyridine rings is 1. The maximum absolute atomic E-state index is 12.5. The number of nitrogens with one attached hydrogen (secondary N) is 2. The first-order valence-electron chi connectivity index (χ1n) is 9.17. The highest BCUT2D eigenvalue weighted by molar-refractivity contribution is 6.04. The minimum atomic E-state index is -0.410. The number of morpholine rings is 1. The SMILES string of the molecule is COc1ccccc1NC(=O)c1cccc(C(=O)NCCN2CCOCC2)n1. The van der Waals surface area contributed by atoms with Gasteiger partial charge in [-0.25, -0.2) is 4.98 Å². The van der Waals surface area contributed by atoms with Crippen LogP contribution in [0.15, 0.2) is 42.5 Å². The van der Waals surface area contributed by atoms with Gasteiger partial charge in [0.05, 0.1) is 26.0 Å². The lowest BCUT2D eigenvalue weighted by atomic mass is 10.2. The van der Waals surface area contributed by atoms with Crippen molar-refractivity contribution < 1.29 is 19.1 Å². The summed E-state index contributed by atoms with van der Waals surface area (Å²) >= 11 is 0. The van der Waals surface area contributed by atoms with Crippen molar-refractivity contribution in [2.45, 2.75) is 0 Å². The largest absolute Gasteiger partial charge is 0.495 e. The van der Waals surface area contributed by atoms with Crippen molar-refractivity contribution in [1.29, 1.82) is 0 Å². The van der Waals surface area contributed by atoms with Crippen molar-refractivity contribution in [3.05, 3.63) is 53.9 Å². The average Bonchev–Trinajstić information content (AvgIpc) is 2.75. The fourth-order valence-electron chi connectivity index (χ4n) is 2.86. The topological polar surface area (TPSA) is 92.8 Å². The summed E-state index contributed by atoms with van der Waals surface area (Å²) in [5.74, 6) is -0.166. The molecule has 1 aliphatic rings. The van der Waals surface area contributed by atoms with Crippen molar-refractivity contribution in [1.82, 2.24) is 15.2 Å². The Morgan fingerprint density at radius 1 is 1.07 bits per heavy atom. The van der Waals surface area contributed by atoms with Crippen LogP contribution in [-0.4, -0.2) is 68.2 Å². The number of benzene rings is 1. The van der Waals surface area contributed by atoms with Crippen LogP contribution in [-0.2, 0) is 4.74 Å². The number of para-hydroxylation sites is 2. The van der Waals surface area contributed by atoms with Crippen molar-refractivity contribution in [3.8, 4) is 5.75 Å². The maximum Gasteiger partial charge on any atom is 0.274 e. The molecule has 8 heteroatoms. The minimum absolute atomic E-state index is 0.159. The van der Waals surface area contributed by atoms with Gasteiger partial charge in [-0.3, -0.25) is 14.5 Å². The Bertz CT molecular complexity index is 821. The number of hydrogen-bond acceptors (Lipinski definition) is 6. The Morgan fingerprint density at radius 3 is 2.54 bits per heavy atom. The number of ether oxygens (including phenoxy) is 2. The molecule has 2 aromatic rings. The molecule has 0 spiro atoms. The highest BCUT2D eigenvalue weighted by atomic mass is 16.5. The number of aromatic nitrogens is 1. The van der Waals surface area contributed by atoms with Crippen LogP contribution in [0, 0.1) is 0 Å². The predicted molar refractivity (Wildman–Crippen MR) is 105 cm³/mol. The Hall–Kier alpha value is -2.97. The van der Waals surface area contributed by atoms with Crippen LogP contribution >= 0.6 is 0 Å². The first-order chi connectivity index (χ1) is 13.7. The lowest BCUT2D eigenvalue weighted by molar-refractivity contribution is 0.0383. The lowest BCUT2D eigenvalue weighted by Crippen LogP contribution is -2.41. The standard InChI is InChI=1S/C20H24N4O4/c1-27-18-8-3-2-5-15(18)23-20(26)17-7-4-6-16(22-17)19(25)21-9-10-24-11-13-28-14-12-24/h2-8H,9-14H2,1H3,(H,21,25)(H,23,26). The molecule has 2 amide bonds. The third kappa shape index (κ3) is 5.28. The zero-order chi connectivity index (χ0) is 19.8. The molecule has 0 radical (unpaired) electrons. The van der Waals surface area contributed by atoms with Gasteiger partial charge in [-0.2, -0.15) is 0 Å². The minimum Gasteiger partial charge on any atom is -0.495 e. The smallest absolute Gasteiger partial charge is 0.274 e. The zero-order valence-corrected chi connectivity index (χ0v) is 15.8. The summed E-state index contributed by atoms with van der Waals surface area (Å²) in [5, 5.41) is 5.60. The summed E-state index contributed by atoms with van der Waals surface area (Å²) in [7, 11) is 1.53. The number of amides is 2. The predicted octanol–water partition coefficient (Wildman–Crippen LogP) is 1.40. The lowest BCUT2D eigenvalue weighted by Gasteiger charge is -2.26. The van der Waals surface area contributed by atoms with Crippen LogP contribution in [0.25, 0.3) is 0 Å². The first-order valence-corrected chi connectivity index (χ1v) is 9.17. The molecule has 0 saturated carbocycles. The van der Waals surface area contributed by atoms with Crippen LogP contribution in [0.2, 0.25) is 0 Å². The quantitative estimate of drug-likeness (QED) is 0.750. The molecule has 0 unspecified atom stereocenters. The van der Waals surface area contributed by atoms with Gasteiger partial charge in [0.1, 0.15) is 17.1 Å². The molecule has 1 saturated heterocycles. The third-order valence-corrected chi connectivity index (χ3v) is 4.39. The van der Waals surface area contributed by atoms with Gasteiger partial charge in [-0.1, -0.05) is 18.2 Å². The molecule has 2 N–H and O–H groups in total. The van der Waals surface area contributed by atoms with Crippen molar-refractivity contribution >= 4 is 17.5 Å². The van der Waals surface area contributed by atoms with Crippen molar-refractivity contribution in [2.24, 2.45) is 0 Å². The van der Waals surface area contributed by atoms with Gasteiger partial charge in [0, 0.05) is 26.2 Å². The number of hydrogen-bond donors (Lipinski definition) is 2. The molecule has 0 atom stereocenters. The second kappa shape index (κ2) is 9.82. The molecule has 148 valence electrons. The summed E-state index contributed by atoms with van der Waals surface area (Å²) < 4.78 is 10.5. The molecule has 0 aliphatic carbocycles. The second-order valence-corrected chi connectivity index (χ2v) is 6.27. The Morgan fingerprint density at radius 2 is 1.79 bits per heavy atom. The van der Waals surface area contributed by atoms with Gasteiger partial charge in [0.15, 0.2) is 0 Å². The monoisotopic (exact) mass is 384 g/mol. The number of methoxy groups -OCH3 is 1. The number of rotatable bonds is 7. The summed E-state index contributed by atoms with van der Waals surface area (Å²) in [6.45, 7) is 4.44. The third-order valence-electron chi connectivity index (χ3n) is 4.39. The van der Waals surface area contributed by atoms with Crippen molar-refractivity contribution in [2.75, 3.05) is 51.8 Å². The summed E-state index contributed by atoms with van der Waals surface area (Å²) in [4.78, 5) is 31.3. The van der Waals surface area contributed by atoms with E-state index < -0.39 is 5.91 Å². The number of nitrogens with zero attached hydrogens (tertiary/aromatic N) is 2. The van der Waals surface area contributed by atoms with Crippen LogP contribution in [0.4, 0.5) is 5.69 Å². The van der Waals surface area contributed by atoms with E-state index in [-0.39, 0.29) is 17.3 Å². The Balaban J connectivity index is 1.57. The molecule has 1 aliphatic heterocycles. The average molecular weight is 384 g/mol. The normalized spacial score (nSPS) is 14.3. The van der Waals surface area contributed by atoms with Gasteiger partial charge < -0.3 is 20.1 Å². The molecule has 28 heavy (non-hydrogen) atoms. The number of carbonyl (C=O) groups is 2. The molecular formula is C20H24N4O4. The van der Waals surface area contributed by atoms with E-state index in [9.17, 15) is 9.59 Å². The molecule has 1 aromatic heterocycles. The molecule has 0 bridgehead atoms. The van der Waals surface area contributed by atoms with E-state index in [1.165, 1.54) is 7.11 Å².